The summed E-state index contributed by atoms with van der Waals surface area (Å²) in [5.41, 5.74) is 0. The van der Waals surface area contributed by atoms with Crippen molar-refractivity contribution in [2.75, 3.05) is 34.3 Å². The lowest BCUT2D eigenvalue weighted by atomic mass is 10.1. The molecule has 0 rings (SSSR count). The van der Waals surface area contributed by atoms with Gasteiger partial charge in [0.1, 0.15) is 6.54 Å². The number of hydrogen-bond donors (Lipinski definition) is 0. The third-order valence-electron chi connectivity index (χ3n) is 3.78. The van der Waals surface area contributed by atoms with Gasteiger partial charge in [0, 0.05) is 6.42 Å². The van der Waals surface area contributed by atoms with Gasteiger partial charge in [-0.2, -0.15) is 0 Å². The molecule has 0 aliphatic carbocycles. The minimum atomic E-state index is -0.427. The molecule has 0 aliphatic rings. The fraction of sp³-hybridized carbons (Fsp3) is 0.900. The third kappa shape index (κ3) is 18.0. The monoisotopic (exact) mass is 393 g/mol. The molecular formula is C20H40ClNO4. The van der Waals surface area contributed by atoms with E-state index in [0.29, 0.717) is 24.1 Å². The molecule has 6 heteroatoms. The topological polar surface area (TPSA) is 52.6 Å². The van der Waals surface area contributed by atoms with E-state index in [4.69, 9.17) is 9.47 Å². The second kappa shape index (κ2) is 15.3. The van der Waals surface area contributed by atoms with Gasteiger partial charge in [0.05, 0.1) is 34.2 Å². The lowest BCUT2D eigenvalue weighted by molar-refractivity contribution is -0.873. The van der Waals surface area contributed by atoms with Crippen LogP contribution in [0.4, 0.5) is 0 Å². The van der Waals surface area contributed by atoms with Crippen molar-refractivity contribution < 1.29 is 36.0 Å². The first kappa shape index (κ1) is 27.4. The highest BCUT2D eigenvalue weighted by Gasteiger charge is 2.25. The minimum absolute atomic E-state index is 0. The SMILES string of the molecule is CCCCCCCCOC(=O)C[C@H](C[N+](C)(C)C)OC(=O)CC(C)C.[Cl-]. The number of hydrogen-bond acceptors (Lipinski definition) is 4. The van der Waals surface area contributed by atoms with E-state index in [1.807, 2.05) is 35.0 Å². The fourth-order valence-electron chi connectivity index (χ4n) is 2.63. The molecule has 26 heavy (non-hydrogen) atoms. The van der Waals surface area contributed by atoms with Crippen LogP contribution in [-0.2, 0) is 19.1 Å². The van der Waals surface area contributed by atoms with Gasteiger partial charge in [0.25, 0.3) is 0 Å². The van der Waals surface area contributed by atoms with Gasteiger partial charge < -0.3 is 26.4 Å². The van der Waals surface area contributed by atoms with E-state index in [9.17, 15) is 9.59 Å². The Morgan fingerprint density at radius 1 is 0.885 bits per heavy atom. The van der Waals surface area contributed by atoms with Gasteiger partial charge in [0.15, 0.2) is 6.10 Å². The highest BCUT2D eigenvalue weighted by atomic mass is 35.5. The van der Waals surface area contributed by atoms with Crippen molar-refractivity contribution in [2.24, 2.45) is 5.92 Å². The average molecular weight is 394 g/mol. The minimum Gasteiger partial charge on any atom is -1.00 e. The maximum absolute atomic E-state index is 12.1. The first-order valence-corrected chi connectivity index (χ1v) is 9.79. The number of ether oxygens (including phenoxy) is 2. The Labute approximate surface area is 166 Å². The van der Waals surface area contributed by atoms with Crippen molar-refractivity contribution in [3.63, 3.8) is 0 Å². The second-order valence-electron chi connectivity index (χ2n) is 8.38. The number of halogens is 1. The van der Waals surface area contributed by atoms with Crippen LogP contribution in [0.3, 0.4) is 0 Å². The number of esters is 2. The van der Waals surface area contributed by atoms with Crippen LogP contribution in [-0.4, -0.2) is 56.8 Å². The summed E-state index contributed by atoms with van der Waals surface area (Å²) in [4.78, 5) is 24.0. The summed E-state index contributed by atoms with van der Waals surface area (Å²) in [5, 5.41) is 0. The standard InChI is InChI=1S/C20H40NO4.ClH/c1-7-8-9-10-11-12-13-24-19(22)15-18(16-21(4,5)6)25-20(23)14-17(2)3;/h17-18H,7-16H2,1-6H3;1H/q+1;/p-1/t18-;/m1./s1. The summed E-state index contributed by atoms with van der Waals surface area (Å²) in [5.74, 6) is -0.265. The molecule has 5 nitrogen and oxygen atoms in total. The van der Waals surface area contributed by atoms with Gasteiger partial charge in [-0.05, 0) is 12.3 Å². The average Bonchev–Trinajstić information content (AvgIpc) is 2.43. The van der Waals surface area contributed by atoms with Crippen molar-refractivity contribution in [3.8, 4) is 0 Å². The van der Waals surface area contributed by atoms with E-state index in [1.165, 1.54) is 25.7 Å². The highest BCUT2D eigenvalue weighted by molar-refractivity contribution is 5.72. The summed E-state index contributed by atoms with van der Waals surface area (Å²) in [6.07, 6.45) is 7.04. The summed E-state index contributed by atoms with van der Waals surface area (Å²) >= 11 is 0. The van der Waals surface area contributed by atoms with Crippen LogP contribution in [0.5, 0.6) is 0 Å². The van der Waals surface area contributed by atoms with E-state index < -0.39 is 6.10 Å². The predicted molar refractivity (Wildman–Crippen MR) is 101 cm³/mol. The molecule has 0 heterocycles. The van der Waals surface area contributed by atoms with Gasteiger partial charge in [0.2, 0.25) is 0 Å². The van der Waals surface area contributed by atoms with E-state index in [0.717, 1.165) is 12.8 Å². The molecule has 0 amide bonds. The first-order chi connectivity index (χ1) is 11.6. The Bertz CT molecular complexity index is 380. The van der Waals surface area contributed by atoms with Crippen molar-refractivity contribution in [3.05, 3.63) is 0 Å². The molecule has 0 spiro atoms. The molecule has 0 unspecified atom stereocenters. The van der Waals surface area contributed by atoms with Crippen LogP contribution >= 0.6 is 0 Å². The number of unbranched alkanes of at least 4 members (excludes halogenated alkanes) is 5. The Morgan fingerprint density at radius 3 is 2.00 bits per heavy atom. The lowest BCUT2D eigenvalue weighted by Gasteiger charge is -2.28. The number of likely N-dealkylation sites (N-methyl/N-ethyl adjacent to an activating group) is 1. The van der Waals surface area contributed by atoms with Gasteiger partial charge in [-0.15, -0.1) is 0 Å². The summed E-state index contributed by atoms with van der Waals surface area (Å²) < 4.78 is 11.5. The quantitative estimate of drug-likeness (QED) is 0.250. The van der Waals surface area contributed by atoms with Crippen LogP contribution in [0.1, 0.15) is 72.1 Å². The number of quaternary nitrogens is 1. The number of carbonyl (C=O) groups is 2. The Balaban J connectivity index is 0. The normalized spacial score (nSPS) is 12.4. The molecule has 0 fully saturated rings. The second-order valence-corrected chi connectivity index (χ2v) is 8.38. The molecule has 156 valence electrons. The first-order valence-electron chi connectivity index (χ1n) is 9.79. The van der Waals surface area contributed by atoms with Crippen molar-refractivity contribution in [2.45, 2.75) is 78.2 Å². The van der Waals surface area contributed by atoms with Crippen LogP contribution in [0, 0.1) is 5.92 Å². The highest BCUT2D eigenvalue weighted by Crippen LogP contribution is 2.11. The van der Waals surface area contributed by atoms with E-state index in [2.05, 4.69) is 6.92 Å². The van der Waals surface area contributed by atoms with E-state index in [-0.39, 0.29) is 36.7 Å². The Morgan fingerprint density at radius 2 is 1.46 bits per heavy atom. The van der Waals surface area contributed by atoms with Gasteiger partial charge in [-0.1, -0.05) is 52.9 Å². The zero-order valence-electron chi connectivity index (χ0n) is 17.7. The number of rotatable bonds is 14. The molecule has 1 atom stereocenters. The van der Waals surface area contributed by atoms with Gasteiger partial charge >= 0.3 is 11.9 Å². The summed E-state index contributed by atoms with van der Waals surface area (Å²) in [6.45, 7) is 7.20. The Kier molecular flexibility index (Phi) is 16.1. The fourth-order valence-corrected chi connectivity index (χ4v) is 2.63. The molecule has 0 saturated carbocycles. The predicted octanol–water partition coefficient (Wildman–Crippen LogP) is 0.948. The Hall–Kier alpha value is -0.810. The zero-order chi connectivity index (χ0) is 19.3. The zero-order valence-corrected chi connectivity index (χ0v) is 18.4. The largest absolute Gasteiger partial charge is 1.00 e. The summed E-state index contributed by atoms with van der Waals surface area (Å²) in [7, 11) is 6.06. The van der Waals surface area contributed by atoms with Crippen LogP contribution < -0.4 is 12.4 Å². The van der Waals surface area contributed by atoms with Gasteiger partial charge in [-0.3, -0.25) is 9.59 Å². The molecular weight excluding hydrogens is 354 g/mol. The van der Waals surface area contributed by atoms with Gasteiger partial charge in [-0.25, -0.2) is 0 Å². The van der Waals surface area contributed by atoms with Crippen LogP contribution in [0.25, 0.3) is 0 Å². The molecule has 0 aromatic heterocycles. The molecule has 0 aromatic rings. The molecule has 0 aromatic carbocycles. The number of nitrogens with zero attached hydrogens (tertiary/aromatic N) is 1. The van der Waals surface area contributed by atoms with Crippen molar-refractivity contribution >= 4 is 11.9 Å². The van der Waals surface area contributed by atoms with Crippen LogP contribution in [0.2, 0.25) is 0 Å². The smallest absolute Gasteiger partial charge is 0.309 e. The molecule has 0 bridgehead atoms. The van der Waals surface area contributed by atoms with E-state index >= 15 is 0 Å². The van der Waals surface area contributed by atoms with Crippen molar-refractivity contribution in [1.82, 2.24) is 0 Å². The third-order valence-corrected chi connectivity index (χ3v) is 3.78. The maximum atomic E-state index is 12.1. The van der Waals surface area contributed by atoms with Crippen molar-refractivity contribution in [1.29, 1.82) is 0 Å². The van der Waals surface area contributed by atoms with E-state index in [1.54, 1.807) is 0 Å². The molecule has 0 saturated heterocycles. The lowest BCUT2D eigenvalue weighted by Crippen LogP contribution is -3.00. The molecule has 0 aliphatic heterocycles. The summed E-state index contributed by atoms with van der Waals surface area (Å²) in [6, 6.07) is 0. The maximum Gasteiger partial charge on any atom is 0.309 e. The van der Waals surface area contributed by atoms with Crippen LogP contribution in [0.15, 0.2) is 0 Å². The number of carbonyl (C=O) groups excluding carboxylic acids is 2. The molecule has 0 radical (unpaired) electrons. The molecule has 0 N–H and O–H groups in total.